The van der Waals surface area contributed by atoms with Crippen LogP contribution in [-0.2, 0) is 0 Å². The van der Waals surface area contributed by atoms with E-state index in [2.05, 4.69) is 0 Å². The van der Waals surface area contributed by atoms with E-state index in [1.165, 1.54) is 0 Å². The van der Waals surface area contributed by atoms with E-state index in [1.54, 1.807) is 31.4 Å². The molecule has 0 aromatic heterocycles. The molecule has 0 radical (unpaired) electrons. The summed E-state index contributed by atoms with van der Waals surface area (Å²) in [5.74, 6) is 0.412. The van der Waals surface area contributed by atoms with Gasteiger partial charge in [0, 0.05) is 5.56 Å². The number of carbonyl (C=O) groups is 1. The largest absolute Gasteiger partial charge is 0.497 e. The Kier molecular flexibility index (Phi) is 2.95. The van der Waals surface area contributed by atoms with Gasteiger partial charge in [-0.15, -0.1) is 0 Å². The number of carboxylic acids is 1. The van der Waals surface area contributed by atoms with Crippen LogP contribution in [0.25, 0.3) is 11.1 Å². The summed E-state index contributed by atoms with van der Waals surface area (Å²) >= 11 is 0. The number of fused-ring (bicyclic) bond motifs is 1. The lowest BCUT2D eigenvalue weighted by atomic mass is 9.98. The van der Waals surface area contributed by atoms with Gasteiger partial charge >= 0.3 is 5.97 Å². The predicted molar refractivity (Wildman–Crippen MR) is 71.5 cm³/mol. The number of carboxylic acid groups (broad SMARTS) is 1. The average Bonchev–Trinajstić information content (AvgIpc) is 2.94. The molecular weight excluding hydrogens is 260 g/mol. The molecule has 0 unspecified atom stereocenters. The zero-order valence-corrected chi connectivity index (χ0v) is 10.8. The molecule has 1 aliphatic heterocycles. The van der Waals surface area contributed by atoms with Crippen molar-refractivity contribution < 1.29 is 24.1 Å². The molecule has 0 fully saturated rings. The summed E-state index contributed by atoms with van der Waals surface area (Å²) in [5, 5.41) is 9.43. The van der Waals surface area contributed by atoms with E-state index in [9.17, 15) is 9.90 Å². The molecular formula is C15H12O5. The van der Waals surface area contributed by atoms with E-state index >= 15 is 0 Å². The molecule has 20 heavy (non-hydrogen) atoms. The second-order valence-corrected chi connectivity index (χ2v) is 4.26. The van der Waals surface area contributed by atoms with Crippen molar-refractivity contribution in [3.8, 4) is 28.4 Å². The van der Waals surface area contributed by atoms with Gasteiger partial charge in [-0.05, 0) is 29.8 Å². The Hall–Kier alpha value is -2.69. The van der Waals surface area contributed by atoms with Crippen LogP contribution in [0.5, 0.6) is 17.2 Å². The van der Waals surface area contributed by atoms with Gasteiger partial charge in [-0.25, -0.2) is 4.79 Å². The third-order valence-corrected chi connectivity index (χ3v) is 3.15. The van der Waals surface area contributed by atoms with Crippen molar-refractivity contribution in [1.82, 2.24) is 0 Å². The fourth-order valence-corrected chi connectivity index (χ4v) is 2.20. The van der Waals surface area contributed by atoms with E-state index in [0.717, 1.165) is 5.56 Å². The maximum Gasteiger partial charge on any atom is 0.340 e. The van der Waals surface area contributed by atoms with Crippen molar-refractivity contribution in [2.45, 2.75) is 0 Å². The number of rotatable bonds is 3. The summed E-state index contributed by atoms with van der Waals surface area (Å²) in [7, 11) is 1.58. The van der Waals surface area contributed by atoms with Crippen LogP contribution in [0.4, 0.5) is 0 Å². The molecule has 5 nitrogen and oxygen atoms in total. The zero-order chi connectivity index (χ0) is 14.1. The average molecular weight is 272 g/mol. The van der Waals surface area contributed by atoms with Crippen LogP contribution < -0.4 is 14.2 Å². The van der Waals surface area contributed by atoms with E-state index in [-0.39, 0.29) is 18.1 Å². The van der Waals surface area contributed by atoms with Gasteiger partial charge in [0.25, 0.3) is 0 Å². The Morgan fingerprint density at radius 3 is 2.55 bits per heavy atom. The molecule has 0 aliphatic carbocycles. The van der Waals surface area contributed by atoms with E-state index < -0.39 is 5.97 Å². The molecule has 2 aromatic carbocycles. The van der Waals surface area contributed by atoms with Gasteiger partial charge < -0.3 is 19.3 Å². The smallest absolute Gasteiger partial charge is 0.340 e. The second-order valence-electron chi connectivity index (χ2n) is 4.26. The highest BCUT2D eigenvalue weighted by Gasteiger charge is 2.25. The fourth-order valence-electron chi connectivity index (χ4n) is 2.20. The van der Waals surface area contributed by atoms with Crippen LogP contribution >= 0.6 is 0 Å². The predicted octanol–water partition coefficient (Wildman–Crippen LogP) is 2.79. The second kappa shape index (κ2) is 4.77. The Morgan fingerprint density at radius 1 is 1.15 bits per heavy atom. The van der Waals surface area contributed by atoms with E-state index in [4.69, 9.17) is 14.2 Å². The molecule has 1 heterocycles. The number of benzene rings is 2. The number of aromatic carboxylic acids is 1. The summed E-state index contributed by atoms with van der Waals surface area (Å²) in [6, 6.07) is 10.6. The van der Waals surface area contributed by atoms with Crippen molar-refractivity contribution in [2.75, 3.05) is 13.9 Å². The lowest BCUT2D eigenvalue weighted by molar-refractivity contribution is 0.0693. The number of methoxy groups -OCH3 is 1. The molecule has 0 spiro atoms. The van der Waals surface area contributed by atoms with Crippen molar-refractivity contribution >= 4 is 5.97 Å². The third kappa shape index (κ3) is 1.93. The molecule has 0 atom stereocenters. The zero-order valence-electron chi connectivity index (χ0n) is 10.8. The lowest BCUT2D eigenvalue weighted by Gasteiger charge is -2.09. The number of ether oxygens (including phenoxy) is 3. The molecule has 0 saturated heterocycles. The maximum atomic E-state index is 11.5. The first kappa shape index (κ1) is 12.3. The van der Waals surface area contributed by atoms with Gasteiger partial charge in [-0.1, -0.05) is 12.1 Å². The molecule has 5 heteroatoms. The highest BCUT2D eigenvalue weighted by molar-refractivity contribution is 6.00. The van der Waals surface area contributed by atoms with Crippen LogP contribution in [0, 0.1) is 0 Å². The summed E-state index contributed by atoms with van der Waals surface area (Å²) in [5.41, 5.74) is 1.48. The standard InChI is InChI=1S/C15H12O5/c1-18-10-4-2-9(3-5-10)11-6-7-12-14(20-8-19-12)13(11)15(16)17/h2-7H,8H2,1H3,(H,16,17). The van der Waals surface area contributed by atoms with Gasteiger partial charge in [-0.2, -0.15) is 0 Å². The summed E-state index contributed by atoms with van der Waals surface area (Å²) < 4.78 is 15.6. The molecule has 3 rings (SSSR count). The minimum Gasteiger partial charge on any atom is -0.497 e. The first-order valence-electron chi connectivity index (χ1n) is 6.01. The highest BCUT2D eigenvalue weighted by atomic mass is 16.7. The van der Waals surface area contributed by atoms with Crippen molar-refractivity contribution in [3.05, 3.63) is 42.0 Å². The van der Waals surface area contributed by atoms with Crippen LogP contribution in [0.3, 0.4) is 0 Å². The van der Waals surface area contributed by atoms with Crippen LogP contribution in [-0.4, -0.2) is 25.0 Å². The Balaban J connectivity index is 2.15. The van der Waals surface area contributed by atoms with Gasteiger partial charge in [0.2, 0.25) is 6.79 Å². The van der Waals surface area contributed by atoms with Crippen LogP contribution in [0.15, 0.2) is 36.4 Å². The Morgan fingerprint density at radius 2 is 1.90 bits per heavy atom. The fraction of sp³-hybridized carbons (Fsp3) is 0.133. The molecule has 0 amide bonds. The third-order valence-electron chi connectivity index (χ3n) is 3.15. The van der Waals surface area contributed by atoms with Crippen LogP contribution in [0.1, 0.15) is 10.4 Å². The van der Waals surface area contributed by atoms with Crippen molar-refractivity contribution in [3.63, 3.8) is 0 Å². The van der Waals surface area contributed by atoms with Crippen molar-refractivity contribution in [2.24, 2.45) is 0 Å². The first-order chi connectivity index (χ1) is 9.70. The first-order valence-corrected chi connectivity index (χ1v) is 6.01. The minimum absolute atomic E-state index is 0.0433. The SMILES string of the molecule is COc1ccc(-c2ccc3c(c2C(=O)O)OCO3)cc1. The molecule has 1 N–H and O–H groups in total. The monoisotopic (exact) mass is 272 g/mol. The summed E-state index contributed by atoms with van der Waals surface area (Å²) in [4.78, 5) is 11.5. The molecule has 0 saturated carbocycles. The summed E-state index contributed by atoms with van der Waals surface area (Å²) in [6.45, 7) is 0.0433. The van der Waals surface area contributed by atoms with Gasteiger partial charge in [-0.3, -0.25) is 0 Å². The molecule has 0 bridgehead atoms. The van der Waals surface area contributed by atoms with Crippen molar-refractivity contribution in [1.29, 1.82) is 0 Å². The van der Waals surface area contributed by atoms with Crippen LogP contribution in [0.2, 0.25) is 0 Å². The van der Waals surface area contributed by atoms with Gasteiger partial charge in [0.1, 0.15) is 11.3 Å². The summed E-state index contributed by atoms with van der Waals surface area (Å²) in [6.07, 6.45) is 0. The number of hydrogen-bond donors (Lipinski definition) is 1. The highest BCUT2D eigenvalue weighted by Crippen LogP contribution is 2.41. The topological polar surface area (TPSA) is 65.0 Å². The minimum atomic E-state index is -1.04. The maximum absolute atomic E-state index is 11.5. The van der Waals surface area contributed by atoms with E-state index in [0.29, 0.717) is 17.1 Å². The Bertz CT molecular complexity index is 661. The quantitative estimate of drug-likeness (QED) is 0.930. The van der Waals surface area contributed by atoms with Gasteiger partial charge in [0.05, 0.1) is 7.11 Å². The molecule has 1 aliphatic rings. The van der Waals surface area contributed by atoms with E-state index in [1.807, 2.05) is 12.1 Å². The molecule has 2 aromatic rings. The molecule has 102 valence electrons. The van der Waals surface area contributed by atoms with Gasteiger partial charge in [0.15, 0.2) is 11.5 Å². The number of hydrogen-bond acceptors (Lipinski definition) is 4. The lowest BCUT2D eigenvalue weighted by Crippen LogP contribution is -2.02. The normalized spacial score (nSPS) is 12.2. The Labute approximate surface area is 115 Å².